The maximum atomic E-state index is 12.9. The van der Waals surface area contributed by atoms with Gasteiger partial charge in [-0.15, -0.1) is 0 Å². The molecule has 6 nitrogen and oxygen atoms in total. The normalized spacial score (nSPS) is 12.4. The van der Waals surface area contributed by atoms with Crippen LogP contribution in [0.2, 0.25) is 0 Å². The van der Waals surface area contributed by atoms with E-state index < -0.39 is 6.10 Å². The summed E-state index contributed by atoms with van der Waals surface area (Å²) in [6.45, 7) is 11.5. The predicted octanol–water partition coefficient (Wildman–Crippen LogP) is 22.0. The van der Waals surface area contributed by atoms with Crippen molar-refractivity contribution < 1.29 is 28.6 Å². The molecule has 0 heterocycles. The second-order valence-corrected chi connectivity index (χ2v) is 23.5. The molecule has 72 heavy (non-hydrogen) atoms. The van der Waals surface area contributed by atoms with Crippen molar-refractivity contribution in [3.63, 3.8) is 0 Å². The van der Waals surface area contributed by atoms with E-state index in [4.69, 9.17) is 14.2 Å². The van der Waals surface area contributed by atoms with Crippen molar-refractivity contribution in [3.05, 3.63) is 0 Å². The minimum atomic E-state index is -0.764. The van der Waals surface area contributed by atoms with Crippen LogP contribution in [0, 0.1) is 11.8 Å². The van der Waals surface area contributed by atoms with Crippen LogP contribution in [0.25, 0.3) is 0 Å². The largest absolute Gasteiger partial charge is 0.462 e. The summed E-state index contributed by atoms with van der Waals surface area (Å²) in [5, 5.41) is 0. The van der Waals surface area contributed by atoms with E-state index in [-0.39, 0.29) is 31.1 Å². The van der Waals surface area contributed by atoms with E-state index in [0.717, 1.165) is 69.6 Å². The summed E-state index contributed by atoms with van der Waals surface area (Å²) in [6, 6.07) is 0. The van der Waals surface area contributed by atoms with Crippen molar-refractivity contribution in [2.24, 2.45) is 11.8 Å². The molecule has 0 aliphatic heterocycles. The Morgan fingerprint density at radius 2 is 0.528 bits per heavy atom. The first-order chi connectivity index (χ1) is 35.3. The van der Waals surface area contributed by atoms with E-state index in [1.165, 1.54) is 263 Å². The second kappa shape index (κ2) is 58.7. The van der Waals surface area contributed by atoms with E-state index in [1.54, 1.807) is 0 Å². The first kappa shape index (κ1) is 70.4. The molecule has 1 unspecified atom stereocenters. The van der Waals surface area contributed by atoms with E-state index in [9.17, 15) is 14.4 Å². The summed E-state index contributed by atoms with van der Waals surface area (Å²) in [4.78, 5) is 38.3. The molecule has 0 aliphatic rings. The zero-order chi connectivity index (χ0) is 52.5. The smallest absolute Gasteiger partial charge is 0.306 e. The van der Waals surface area contributed by atoms with Crippen molar-refractivity contribution in [1.82, 2.24) is 0 Å². The SMILES string of the molecule is CCCCCCCCCCCCCCCCCC(=O)OC[C@H](COC(=O)CCCCCCCCCCCCCCCCC(C)CC)OC(=O)CCCCCCCCCCCCCCCCCCCCC(C)C. The summed E-state index contributed by atoms with van der Waals surface area (Å²) < 4.78 is 17.0. The number of rotatable bonds is 60. The third-order valence-electron chi connectivity index (χ3n) is 15.6. The van der Waals surface area contributed by atoms with Crippen molar-refractivity contribution in [1.29, 1.82) is 0 Å². The molecule has 0 aliphatic carbocycles. The van der Waals surface area contributed by atoms with Gasteiger partial charge in [-0.2, -0.15) is 0 Å². The van der Waals surface area contributed by atoms with Gasteiger partial charge in [0.2, 0.25) is 0 Å². The molecule has 0 saturated carbocycles. The van der Waals surface area contributed by atoms with Gasteiger partial charge in [0.15, 0.2) is 6.10 Å². The zero-order valence-electron chi connectivity index (χ0n) is 49.6. The third-order valence-corrected chi connectivity index (χ3v) is 15.6. The molecule has 0 rings (SSSR count). The number of unbranched alkanes of at least 4 members (excludes halogenated alkanes) is 44. The Morgan fingerprint density at radius 3 is 0.792 bits per heavy atom. The van der Waals surface area contributed by atoms with Crippen LogP contribution in [0.4, 0.5) is 0 Å². The summed E-state index contributed by atoms with van der Waals surface area (Å²) >= 11 is 0. The van der Waals surface area contributed by atoms with Crippen molar-refractivity contribution in [2.45, 2.75) is 381 Å². The monoisotopic (exact) mass is 1020 g/mol. The highest BCUT2D eigenvalue weighted by atomic mass is 16.6. The minimum Gasteiger partial charge on any atom is -0.462 e. The predicted molar refractivity (Wildman–Crippen MR) is 312 cm³/mol. The lowest BCUT2D eigenvalue weighted by Crippen LogP contribution is -2.30. The number of esters is 3. The Bertz CT molecular complexity index is 1110. The Hall–Kier alpha value is -1.59. The molecule has 0 fully saturated rings. The van der Waals surface area contributed by atoms with Crippen molar-refractivity contribution >= 4 is 17.9 Å². The summed E-state index contributed by atoms with van der Waals surface area (Å²) in [7, 11) is 0. The minimum absolute atomic E-state index is 0.0616. The number of hydrogen-bond donors (Lipinski definition) is 0. The number of ether oxygens (including phenoxy) is 3. The highest BCUT2D eigenvalue weighted by Gasteiger charge is 2.19. The number of carbonyl (C=O) groups is 3. The fourth-order valence-corrected chi connectivity index (χ4v) is 10.3. The van der Waals surface area contributed by atoms with Crippen LogP contribution in [-0.2, 0) is 28.6 Å². The second-order valence-electron chi connectivity index (χ2n) is 23.5. The molecular weight excluding hydrogens is 889 g/mol. The molecule has 0 saturated heterocycles. The van der Waals surface area contributed by atoms with Crippen LogP contribution in [0.15, 0.2) is 0 Å². The van der Waals surface area contributed by atoms with Gasteiger partial charge in [-0.1, -0.05) is 336 Å². The average molecular weight is 1020 g/mol. The molecule has 0 aromatic carbocycles. The standard InChI is InChI=1S/C66H128O6/c1-6-8-9-10-11-12-13-14-19-26-31-36-41-46-51-56-64(67)70-59-63(60-71-65(68)57-52-47-42-37-32-27-23-22-25-30-35-40-45-50-55-62(5)7-2)72-66(69)58-53-48-43-38-33-28-21-18-16-15-17-20-24-29-34-39-44-49-54-61(3)4/h61-63H,6-60H2,1-5H3/t62?,63-/m1/s1. The van der Waals surface area contributed by atoms with Gasteiger partial charge in [-0.05, 0) is 31.1 Å². The Labute approximate surface area is 450 Å². The third kappa shape index (κ3) is 57.7. The van der Waals surface area contributed by atoms with Crippen LogP contribution in [0.3, 0.4) is 0 Å². The van der Waals surface area contributed by atoms with E-state index in [1.807, 2.05) is 0 Å². The fraction of sp³-hybridized carbons (Fsp3) is 0.955. The van der Waals surface area contributed by atoms with E-state index in [2.05, 4.69) is 34.6 Å². The highest BCUT2D eigenvalue weighted by Crippen LogP contribution is 2.19. The van der Waals surface area contributed by atoms with Crippen molar-refractivity contribution in [3.8, 4) is 0 Å². The van der Waals surface area contributed by atoms with Crippen molar-refractivity contribution in [2.75, 3.05) is 13.2 Å². The number of carbonyl (C=O) groups excluding carboxylic acids is 3. The van der Waals surface area contributed by atoms with Crippen LogP contribution >= 0.6 is 0 Å². The molecule has 0 amide bonds. The summed E-state index contributed by atoms with van der Waals surface area (Å²) in [6.07, 6.45) is 65.3. The molecule has 0 N–H and O–H groups in total. The molecule has 2 atom stereocenters. The Morgan fingerprint density at radius 1 is 0.292 bits per heavy atom. The van der Waals surface area contributed by atoms with Gasteiger partial charge in [0.1, 0.15) is 13.2 Å². The fourth-order valence-electron chi connectivity index (χ4n) is 10.3. The van der Waals surface area contributed by atoms with Gasteiger partial charge < -0.3 is 14.2 Å². The van der Waals surface area contributed by atoms with Gasteiger partial charge in [0.25, 0.3) is 0 Å². The zero-order valence-corrected chi connectivity index (χ0v) is 49.6. The molecule has 0 radical (unpaired) electrons. The molecule has 0 spiro atoms. The summed E-state index contributed by atoms with van der Waals surface area (Å²) in [5.41, 5.74) is 0. The quantitative estimate of drug-likeness (QED) is 0.0343. The van der Waals surface area contributed by atoms with Gasteiger partial charge in [0.05, 0.1) is 0 Å². The topological polar surface area (TPSA) is 78.9 Å². The first-order valence-corrected chi connectivity index (χ1v) is 32.8. The van der Waals surface area contributed by atoms with Crippen LogP contribution < -0.4 is 0 Å². The average Bonchev–Trinajstić information content (AvgIpc) is 3.37. The lowest BCUT2D eigenvalue weighted by molar-refractivity contribution is -0.167. The molecule has 0 aromatic rings. The maximum absolute atomic E-state index is 12.9. The Kier molecular flexibility index (Phi) is 57.4. The summed E-state index contributed by atoms with van der Waals surface area (Å²) in [5.74, 6) is 0.925. The molecule has 0 aromatic heterocycles. The van der Waals surface area contributed by atoms with E-state index in [0.29, 0.717) is 19.3 Å². The lowest BCUT2D eigenvalue weighted by Gasteiger charge is -2.18. The first-order valence-electron chi connectivity index (χ1n) is 32.8. The highest BCUT2D eigenvalue weighted by molar-refractivity contribution is 5.71. The molecule has 0 bridgehead atoms. The van der Waals surface area contributed by atoms with Gasteiger partial charge >= 0.3 is 17.9 Å². The van der Waals surface area contributed by atoms with Crippen LogP contribution in [-0.4, -0.2) is 37.2 Å². The van der Waals surface area contributed by atoms with Crippen LogP contribution in [0.5, 0.6) is 0 Å². The van der Waals surface area contributed by atoms with Crippen LogP contribution in [0.1, 0.15) is 375 Å². The number of hydrogen-bond acceptors (Lipinski definition) is 6. The maximum Gasteiger partial charge on any atom is 0.306 e. The Balaban J connectivity index is 4.28. The van der Waals surface area contributed by atoms with E-state index >= 15 is 0 Å². The lowest BCUT2D eigenvalue weighted by atomic mass is 9.99. The van der Waals surface area contributed by atoms with Gasteiger partial charge in [-0.3, -0.25) is 14.4 Å². The molecule has 428 valence electrons. The van der Waals surface area contributed by atoms with Gasteiger partial charge in [0, 0.05) is 19.3 Å². The molecule has 6 heteroatoms. The molecular formula is C66H128O6. The van der Waals surface area contributed by atoms with Gasteiger partial charge in [-0.25, -0.2) is 0 Å².